The summed E-state index contributed by atoms with van der Waals surface area (Å²) in [5.41, 5.74) is -0.360. The van der Waals surface area contributed by atoms with Crippen molar-refractivity contribution in [1.29, 1.82) is 0 Å². The van der Waals surface area contributed by atoms with Crippen molar-refractivity contribution in [3.8, 4) is 0 Å². The molecule has 1 aromatic rings. The number of rotatable bonds is 4. The zero-order valence-electron chi connectivity index (χ0n) is 11.0. The summed E-state index contributed by atoms with van der Waals surface area (Å²) in [5, 5.41) is 16.1. The van der Waals surface area contributed by atoms with E-state index in [0.29, 0.717) is 4.47 Å². The van der Waals surface area contributed by atoms with Gasteiger partial charge in [0.1, 0.15) is 10.7 Å². The lowest BCUT2D eigenvalue weighted by Gasteiger charge is -2.17. The lowest BCUT2D eigenvalue weighted by molar-refractivity contribution is -0.384. The SMILES string of the molecule is NS(=O)(=O)CC1CC(=O)N(c2ccc(Br)c(Cl)c2[N+](=O)[O-])C1. The molecule has 0 saturated carbocycles. The van der Waals surface area contributed by atoms with Gasteiger partial charge < -0.3 is 4.90 Å². The molecular formula is C11H11BrClN3O5S. The fourth-order valence-electron chi connectivity index (χ4n) is 2.38. The van der Waals surface area contributed by atoms with Crippen LogP contribution in [0.3, 0.4) is 0 Å². The van der Waals surface area contributed by atoms with Gasteiger partial charge in [-0.3, -0.25) is 14.9 Å². The number of nitrogens with zero attached hydrogens (tertiary/aromatic N) is 2. The van der Waals surface area contributed by atoms with E-state index in [9.17, 15) is 23.3 Å². The Bertz CT molecular complexity index is 754. The van der Waals surface area contributed by atoms with Crippen LogP contribution >= 0.6 is 27.5 Å². The zero-order chi connectivity index (χ0) is 16.7. The van der Waals surface area contributed by atoms with Crippen LogP contribution in [0, 0.1) is 16.0 Å². The zero-order valence-corrected chi connectivity index (χ0v) is 14.2. The van der Waals surface area contributed by atoms with E-state index in [1.165, 1.54) is 17.0 Å². The summed E-state index contributed by atoms with van der Waals surface area (Å²) < 4.78 is 22.6. The number of anilines is 1. The Morgan fingerprint density at radius 2 is 2.14 bits per heavy atom. The largest absolute Gasteiger partial charge is 0.312 e. The second kappa shape index (κ2) is 6.11. The Labute approximate surface area is 139 Å². The second-order valence-electron chi connectivity index (χ2n) is 4.89. The van der Waals surface area contributed by atoms with Crippen molar-refractivity contribution in [2.24, 2.45) is 11.1 Å². The summed E-state index contributed by atoms with van der Waals surface area (Å²) in [4.78, 5) is 23.8. The van der Waals surface area contributed by atoms with Crippen molar-refractivity contribution in [3.63, 3.8) is 0 Å². The third-order valence-corrected chi connectivity index (χ3v) is 5.40. The van der Waals surface area contributed by atoms with Crippen LogP contribution in [-0.4, -0.2) is 31.5 Å². The summed E-state index contributed by atoms with van der Waals surface area (Å²) in [7, 11) is -3.72. The molecule has 1 aliphatic rings. The van der Waals surface area contributed by atoms with Crippen molar-refractivity contribution in [2.75, 3.05) is 17.2 Å². The Balaban J connectivity index is 2.39. The molecule has 0 spiro atoms. The minimum absolute atomic E-state index is 0.0358. The van der Waals surface area contributed by atoms with Crippen LogP contribution < -0.4 is 10.0 Å². The highest BCUT2D eigenvalue weighted by molar-refractivity contribution is 9.10. The van der Waals surface area contributed by atoms with Gasteiger partial charge in [-0.1, -0.05) is 11.6 Å². The number of primary sulfonamides is 1. The van der Waals surface area contributed by atoms with Crippen LogP contribution in [0.15, 0.2) is 16.6 Å². The smallest absolute Gasteiger partial charge is 0.306 e. The fraction of sp³-hybridized carbons (Fsp3) is 0.364. The van der Waals surface area contributed by atoms with Gasteiger partial charge in [0.05, 0.1) is 10.7 Å². The molecule has 1 amide bonds. The molecule has 0 bridgehead atoms. The highest BCUT2D eigenvalue weighted by Crippen LogP contribution is 2.41. The quantitative estimate of drug-likeness (QED) is 0.595. The van der Waals surface area contributed by atoms with Crippen LogP contribution in [-0.2, 0) is 14.8 Å². The van der Waals surface area contributed by atoms with Gasteiger partial charge >= 0.3 is 5.69 Å². The molecule has 1 atom stereocenters. The molecule has 1 heterocycles. The van der Waals surface area contributed by atoms with Crippen LogP contribution in [0.5, 0.6) is 0 Å². The van der Waals surface area contributed by atoms with Gasteiger partial charge in [-0.05, 0) is 28.1 Å². The van der Waals surface area contributed by atoms with E-state index in [1.807, 2.05) is 0 Å². The number of nitro benzene ring substituents is 1. The standard InChI is InChI=1S/C11H11BrClN3O5S/c12-7-1-2-8(11(10(7)13)16(18)19)15-4-6(3-9(15)17)5-22(14,20)21/h1-2,6H,3-5H2,(H2,14,20,21). The van der Waals surface area contributed by atoms with Crippen LogP contribution in [0.25, 0.3) is 0 Å². The molecule has 2 rings (SSSR count). The summed E-state index contributed by atoms with van der Waals surface area (Å²) in [6, 6.07) is 2.89. The molecular weight excluding hydrogens is 402 g/mol. The number of halogens is 2. The molecule has 1 fully saturated rings. The average molecular weight is 413 g/mol. The maximum Gasteiger partial charge on any atom is 0.312 e. The van der Waals surface area contributed by atoms with Crippen LogP contribution in [0.4, 0.5) is 11.4 Å². The Morgan fingerprint density at radius 3 is 2.68 bits per heavy atom. The highest BCUT2D eigenvalue weighted by atomic mass is 79.9. The second-order valence-corrected chi connectivity index (χ2v) is 7.78. The lowest BCUT2D eigenvalue weighted by atomic mass is 10.1. The number of carbonyl (C=O) groups is 1. The molecule has 0 aliphatic carbocycles. The normalized spacial score (nSPS) is 18.8. The average Bonchev–Trinajstić information content (AvgIpc) is 2.70. The first-order valence-electron chi connectivity index (χ1n) is 6.03. The van der Waals surface area contributed by atoms with Gasteiger partial charge in [-0.2, -0.15) is 0 Å². The number of nitrogens with two attached hydrogens (primary N) is 1. The minimum Gasteiger partial charge on any atom is -0.306 e. The van der Waals surface area contributed by atoms with Crippen molar-refractivity contribution >= 4 is 54.8 Å². The molecule has 11 heteroatoms. The van der Waals surface area contributed by atoms with Crippen molar-refractivity contribution in [1.82, 2.24) is 0 Å². The van der Waals surface area contributed by atoms with E-state index in [4.69, 9.17) is 16.7 Å². The predicted octanol–water partition coefficient (Wildman–Crippen LogP) is 1.65. The number of nitro groups is 1. The van der Waals surface area contributed by atoms with Gasteiger partial charge in [0.15, 0.2) is 0 Å². The first-order valence-corrected chi connectivity index (χ1v) is 8.92. The lowest BCUT2D eigenvalue weighted by Crippen LogP contribution is -2.28. The Kier molecular flexibility index (Phi) is 4.76. The number of benzene rings is 1. The molecule has 1 aromatic carbocycles. The maximum atomic E-state index is 12.1. The molecule has 2 N–H and O–H groups in total. The van der Waals surface area contributed by atoms with Crippen LogP contribution in [0.1, 0.15) is 6.42 Å². The van der Waals surface area contributed by atoms with E-state index in [0.717, 1.165) is 0 Å². The number of hydrogen-bond acceptors (Lipinski definition) is 5. The number of carbonyl (C=O) groups excluding carboxylic acids is 1. The van der Waals surface area contributed by atoms with E-state index in [1.54, 1.807) is 0 Å². The van der Waals surface area contributed by atoms with Crippen molar-refractivity contribution in [3.05, 3.63) is 31.7 Å². The van der Waals surface area contributed by atoms with Gasteiger partial charge in [-0.25, -0.2) is 13.6 Å². The van der Waals surface area contributed by atoms with Gasteiger partial charge in [0, 0.05) is 23.4 Å². The van der Waals surface area contributed by atoms with E-state index >= 15 is 0 Å². The van der Waals surface area contributed by atoms with Gasteiger partial charge in [-0.15, -0.1) is 0 Å². The summed E-state index contributed by atoms with van der Waals surface area (Å²) in [5.74, 6) is -1.27. The molecule has 1 unspecified atom stereocenters. The minimum atomic E-state index is -3.72. The topological polar surface area (TPSA) is 124 Å². The third-order valence-electron chi connectivity index (χ3n) is 3.19. The maximum absolute atomic E-state index is 12.1. The summed E-state index contributed by atoms with van der Waals surface area (Å²) in [6.07, 6.45) is -0.0404. The fourth-order valence-corrected chi connectivity index (χ4v) is 3.80. The first kappa shape index (κ1) is 17.1. The van der Waals surface area contributed by atoms with Crippen molar-refractivity contribution < 1.29 is 18.1 Å². The van der Waals surface area contributed by atoms with Gasteiger partial charge in [0.25, 0.3) is 0 Å². The molecule has 1 aliphatic heterocycles. The molecule has 8 nitrogen and oxygen atoms in total. The predicted molar refractivity (Wildman–Crippen MR) is 84.2 cm³/mol. The Hall–Kier alpha value is -1.23. The Morgan fingerprint density at radius 1 is 1.50 bits per heavy atom. The van der Waals surface area contributed by atoms with E-state index < -0.39 is 32.5 Å². The van der Waals surface area contributed by atoms with E-state index in [2.05, 4.69) is 15.9 Å². The highest BCUT2D eigenvalue weighted by Gasteiger charge is 2.37. The number of hydrogen-bond donors (Lipinski definition) is 1. The third kappa shape index (κ3) is 3.57. The monoisotopic (exact) mass is 411 g/mol. The number of amides is 1. The molecule has 22 heavy (non-hydrogen) atoms. The van der Waals surface area contributed by atoms with E-state index in [-0.39, 0.29) is 29.4 Å². The molecule has 0 aromatic heterocycles. The number of sulfonamides is 1. The summed E-state index contributed by atoms with van der Waals surface area (Å²) >= 11 is 9.01. The summed E-state index contributed by atoms with van der Waals surface area (Å²) in [6.45, 7) is 0.0358. The molecule has 1 saturated heterocycles. The molecule has 120 valence electrons. The molecule has 0 radical (unpaired) electrons. The van der Waals surface area contributed by atoms with Crippen LogP contribution in [0.2, 0.25) is 5.02 Å². The first-order chi connectivity index (χ1) is 10.1. The van der Waals surface area contributed by atoms with Crippen molar-refractivity contribution in [2.45, 2.75) is 6.42 Å². The van der Waals surface area contributed by atoms with Gasteiger partial charge in [0.2, 0.25) is 15.9 Å².